The lowest BCUT2D eigenvalue weighted by atomic mass is 10.2. The van der Waals surface area contributed by atoms with Gasteiger partial charge in [0.25, 0.3) is 0 Å². The first-order valence-corrected chi connectivity index (χ1v) is 6.99. The molecule has 0 spiro atoms. The van der Waals surface area contributed by atoms with E-state index in [-0.39, 0.29) is 0 Å². The van der Waals surface area contributed by atoms with E-state index >= 15 is 0 Å². The van der Waals surface area contributed by atoms with Crippen LogP contribution in [0, 0.1) is 0 Å². The van der Waals surface area contributed by atoms with E-state index in [4.69, 9.17) is 16.3 Å². The number of para-hydroxylation sites is 2. The number of hydrogen-bond donors (Lipinski definition) is 1. The molecule has 1 aromatic carbocycles. The molecule has 0 saturated carbocycles. The van der Waals surface area contributed by atoms with Crippen LogP contribution < -0.4 is 10.1 Å². The van der Waals surface area contributed by atoms with Gasteiger partial charge in [0.2, 0.25) is 0 Å². The van der Waals surface area contributed by atoms with Crippen LogP contribution in [0.4, 0.5) is 11.5 Å². The highest BCUT2D eigenvalue weighted by Crippen LogP contribution is 2.28. The summed E-state index contributed by atoms with van der Waals surface area (Å²) in [5, 5.41) is 3.55. The second kappa shape index (κ2) is 6.41. The first-order chi connectivity index (χ1) is 10.8. The number of benzene rings is 1. The zero-order chi connectivity index (χ0) is 15.4. The largest absolute Gasteiger partial charge is 0.495 e. The summed E-state index contributed by atoms with van der Waals surface area (Å²) in [5.74, 6) is 1.82. The van der Waals surface area contributed by atoms with Gasteiger partial charge in [0.1, 0.15) is 16.7 Å². The van der Waals surface area contributed by atoms with E-state index in [1.807, 2.05) is 36.4 Å². The highest BCUT2D eigenvalue weighted by atomic mass is 35.5. The molecule has 0 radical (unpaired) electrons. The van der Waals surface area contributed by atoms with E-state index in [0.29, 0.717) is 16.8 Å². The average molecular weight is 313 g/mol. The Hall–Kier alpha value is -2.66. The Morgan fingerprint density at radius 1 is 1.09 bits per heavy atom. The van der Waals surface area contributed by atoms with Gasteiger partial charge in [0.05, 0.1) is 12.8 Å². The van der Waals surface area contributed by atoms with Crippen LogP contribution in [0.2, 0.25) is 5.15 Å². The Morgan fingerprint density at radius 2 is 1.95 bits per heavy atom. The quantitative estimate of drug-likeness (QED) is 0.739. The zero-order valence-electron chi connectivity index (χ0n) is 11.8. The van der Waals surface area contributed by atoms with E-state index in [0.717, 1.165) is 17.0 Å². The van der Waals surface area contributed by atoms with Crippen LogP contribution in [0.15, 0.2) is 54.9 Å². The van der Waals surface area contributed by atoms with Crippen molar-refractivity contribution in [3.05, 3.63) is 60.0 Å². The lowest BCUT2D eigenvalue weighted by molar-refractivity contribution is 0.417. The van der Waals surface area contributed by atoms with Crippen molar-refractivity contribution in [2.75, 3.05) is 12.4 Å². The molecule has 1 N–H and O–H groups in total. The van der Waals surface area contributed by atoms with Gasteiger partial charge in [-0.3, -0.25) is 4.98 Å². The van der Waals surface area contributed by atoms with Gasteiger partial charge in [-0.25, -0.2) is 9.97 Å². The highest BCUT2D eigenvalue weighted by Gasteiger charge is 2.08. The molecule has 3 rings (SSSR count). The molecule has 3 aromatic rings. The van der Waals surface area contributed by atoms with E-state index in [1.165, 1.54) is 0 Å². The molecule has 0 bridgehead atoms. The third kappa shape index (κ3) is 3.15. The first kappa shape index (κ1) is 14.3. The molecule has 6 heteroatoms. The van der Waals surface area contributed by atoms with Crippen LogP contribution in [0.3, 0.4) is 0 Å². The van der Waals surface area contributed by atoms with Crippen molar-refractivity contribution in [2.45, 2.75) is 0 Å². The third-order valence-corrected chi connectivity index (χ3v) is 3.18. The maximum absolute atomic E-state index is 6.10. The molecule has 0 saturated heterocycles. The van der Waals surface area contributed by atoms with Gasteiger partial charge in [0.15, 0.2) is 5.82 Å². The van der Waals surface area contributed by atoms with E-state index in [9.17, 15) is 0 Å². The van der Waals surface area contributed by atoms with Crippen molar-refractivity contribution in [3.63, 3.8) is 0 Å². The van der Waals surface area contributed by atoms with E-state index in [1.54, 1.807) is 25.6 Å². The summed E-state index contributed by atoms with van der Waals surface area (Å²) < 4.78 is 5.31. The Morgan fingerprint density at radius 3 is 2.73 bits per heavy atom. The van der Waals surface area contributed by atoms with Gasteiger partial charge in [-0.15, -0.1) is 0 Å². The monoisotopic (exact) mass is 312 g/mol. The second-order valence-corrected chi connectivity index (χ2v) is 4.85. The van der Waals surface area contributed by atoms with Gasteiger partial charge in [-0.2, -0.15) is 0 Å². The van der Waals surface area contributed by atoms with Crippen molar-refractivity contribution in [3.8, 4) is 17.1 Å². The molecule has 22 heavy (non-hydrogen) atoms. The standard InChI is InChI=1S/C16H13ClN4O/c1-22-13-7-3-2-6-12(13)19-15-9-14(17)20-16(21-15)11-5-4-8-18-10-11/h2-10H,1H3,(H,19,20,21). The van der Waals surface area contributed by atoms with Crippen molar-refractivity contribution in [1.29, 1.82) is 0 Å². The van der Waals surface area contributed by atoms with Gasteiger partial charge >= 0.3 is 0 Å². The Labute approximate surface area is 133 Å². The third-order valence-electron chi connectivity index (χ3n) is 2.98. The Bertz CT molecular complexity index is 780. The van der Waals surface area contributed by atoms with E-state index in [2.05, 4.69) is 20.3 Å². The number of ether oxygens (including phenoxy) is 1. The summed E-state index contributed by atoms with van der Waals surface area (Å²) >= 11 is 6.10. The smallest absolute Gasteiger partial charge is 0.164 e. The fourth-order valence-electron chi connectivity index (χ4n) is 1.99. The van der Waals surface area contributed by atoms with Crippen molar-refractivity contribution < 1.29 is 4.74 Å². The molecule has 0 aliphatic rings. The number of rotatable bonds is 4. The van der Waals surface area contributed by atoms with Crippen LogP contribution in [0.1, 0.15) is 0 Å². The minimum Gasteiger partial charge on any atom is -0.495 e. The number of methoxy groups -OCH3 is 1. The van der Waals surface area contributed by atoms with Crippen LogP contribution in [0.5, 0.6) is 5.75 Å². The van der Waals surface area contributed by atoms with Gasteiger partial charge in [0, 0.05) is 24.0 Å². The van der Waals surface area contributed by atoms with Gasteiger partial charge in [-0.05, 0) is 24.3 Å². The molecule has 2 heterocycles. The molecule has 110 valence electrons. The molecule has 5 nitrogen and oxygen atoms in total. The molecular weight excluding hydrogens is 300 g/mol. The number of halogens is 1. The first-order valence-electron chi connectivity index (χ1n) is 6.61. The predicted molar refractivity (Wildman–Crippen MR) is 86.5 cm³/mol. The number of nitrogens with one attached hydrogen (secondary N) is 1. The molecule has 2 aromatic heterocycles. The van der Waals surface area contributed by atoms with Crippen molar-refractivity contribution in [1.82, 2.24) is 15.0 Å². The average Bonchev–Trinajstić information content (AvgIpc) is 2.56. The highest BCUT2D eigenvalue weighted by molar-refractivity contribution is 6.29. The summed E-state index contributed by atoms with van der Waals surface area (Å²) in [7, 11) is 1.62. The molecule has 0 amide bonds. The predicted octanol–water partition coefficient (Wildman–Crippen LogP) is 3.94. The van der Waals surface area contributed by atoms with Crippen LogP contribution in [-0.2, 0) is 0 Å². The normalized spacial score (nSPS) is 10.3. The fourth-order valence-corrected chi connectivity index (χ4v) is 2.18. The fraction of sp³-hybridized carbons (Fsp3) is 0.0625. The maximum Gasteiger partial charge on any atom is 0.164 e. The Kier molecular flexibility index (Phi) is 4.16. The van der Waals surface area contributed by atoms with Crippen LogP contribution in [-0.4, -0.2) is 22.1 Å². The summed E-state index contributed by atoms with van der Waals surface area (Å²) in [6.07, 6.45) is 3.39. The molecule has 0 aliphatic heterocycles. The summed E-state index contributed by atoms with van der Waals surface area (Å²) in [6.45, 7) is 0. The molecule has 0 unspecified atom stereocenters. The van der Waals surface area contributed by atoms with Crippen molar-refractivity contribution in [2.24, 2.45) is 0 Å². The lowest BCUT2D eigenvalue weighted by Gasteiger charge is -2.11. The van der Waals surface area contributed by atoms with Crippen molar-refractivity contribution >= 4 is 23.1 Å². The Balaban J connectivity index is 1.96. The second-order valence-electron chi connectivity index (χ2n) is 4.47. The number of nitrogens with zero attached hydrogens (tertiary/aromatic N) is 3. The minimum atomic E-state index is 0.353. The summed E-state index contributed by atoms with van der Waals surface area (Å²) in [4.78, 5) is 12.8. The summed E-state index contributed by atoms with van der Waals surface area (Å²) in [5.41, 5.74) is 1.60. The minimum absolute atomic E-state index is 0.353. The van der Waals surface area contributed by atoms with Crippen LogP contribution in [0.25, 0.3) is 11.4 Å². The molecular formula is C16H13ClN4O. The molecule has 0 atom stereocenters. The number of pyridine rings is 1. The topological polar surface area (TPSA) is 59.9 Å². The number of aromatic nitrogens is 3. The molecule has 0 fully saturated rings. The molecule has 0 aliphatic carbocycles. The maximum atomic E-state index is 6.10. The van der Waals surface area contributed by atoms with Gasteiger partial charge in [-0.1, -0.05) is 23.7 Å². The number of hydrogen-bond acceptors (Lipinski definition) is 5. The van der Waals surface area contributed by atoms with Gasteiger partial charge < -0.3 is 10.1 Å². The van der Waals surface area contributed by atoms with E-state index < -0.39 is 0 Å². The SMILES string of the molecule is COc1ccccc1Nc1cc(Cl)nc(-c2cccnc2)n1. The zero-order valence-corrected chi connectivity index (χ0v) is 12.6. The lowest BCUT2D eigenvalue weighted by Crippen LogP contribution is -1.99. The van der Waals surface area contributed by atoms with Crippen LogP contribution >= 0.6 is 11.6 Å². The number of anilines is 2. The summed E-state index contributed by atoms with van der Waals surface area (Å²) in [6, 6.07) is 13.0.